The number of hydrogen-bond donors (Lipinski definition) is 1. The van der Waals surface area contributed by atoms with E-state index in [-0.39, 0.29) is 5.91 Å². The van der Waals surface area contributed by atoms with Crippen LogP contribution in [0.1, 0.15) is 32.1 Å². The first-order valence-electron chi connectivity index (χ1n) is 7.08. The molecule has 0 saturated heterocycles. The van der Waals surface area contributed by atoms with Crippen LogP contribution >= 0.6 is 11.8 Å². The van der Waals surface area contributed by atoms with Crippen molar-refractivity contribution in [3.63, 3.8) is 0 Å². The fourth-order valence-electron chi connectivity index (χ4n) is 2.72. The molecule has 3 rings (SSSR count). The Morgan fingerprint density at radius 2 is 2.00 bits per heavy atom. The van der Waals surface area contributed by atoms with E-state index in [0.717, 1.165) is 0 Å². The van der Waals surface area contributed by atoms with Crippen molar-refractivity contribution in [1.29, 1.82) is 0 Å². The van der Waals surface area contributed by atoms with Crippen LogP contribution in [-0.2, 0) is 4.79 Å². The minimum atomic E-state index is -0.518. The van der Waals surface area contributed by atoms with Crippen LogP contribution in [0.25, 0.3) is 11.0 Å². The first-order valence-corrected chi connectivity index (χ1v) is 8.30. The van der Waals surface area contributed by atoms with Crippen LogP contribution in [-0.4, -0.2) is 31.7 Å². The van der Waals surface area contributed by atoms with Crippen molar-refractivity contribution >= 4 is 34.5 Å². The summed E-state index contributed by atoms with van der Waals surface area (Å²) in [6.45, 7) is 5.79. The molecule has 0 bridgehead atoms. The monoisotopic (exact) mass is 319 g/mol. The smallest absolute Gasteiger partial charge is 0.309 e. The van der Waals surface area contributed by atoms with Gasteiger partial charge in [-0.25, -0.2) is 14.8 Å². The van der Waals surface area contributed by atoms with Gasteiger partial charge in [0.1, 0.15) is 22.7 Å². The highest BCUT2D eigenvalue weighted by Crippen LogP contribution is 2.35. The van der Waals surface area contributed by atoms with Crippen LogP contribution < -0.4 is 11.0 Å². The SMILES string of the molecule is CSc1nc(C)nc2nc(=O)n3c(c12)NC(=O)C3CC(C)C. The second kappa shape index (κ2) is 5.35. The second-order valence-electron chi connectivity index (χ2n) is 5.73. The summed E-state index contributed by atoms with van der Waals surface area (Å²) in [5.41, 5.74) is -0.116. The summed E-state index contributed by atoms with van der Waals surface area (Å²) in [5.74, 6) is 1.14. The van der Waals surface area contributed by atoms with Gasteiger partial charge in [-0.3, -0.25) is 9.36 Å². The van der Waals surface area contributed by atoms with Gasteiger partial charge in [-0.2, -0.15) is 4.98 Å². The van der Waals surface area contributed by atoms with E-state index in [9.17, 15) is 9.59 Å². The van der Waals surface area contributed by atoms with Crippen LogP contribution in [0, 0.1) is 12.8 Å². The summed E-state index contributed by atoms with van der Waals surface area (Å²) in [7, 11) is 0. The zero-order chi connectivity index (χ0) is 16.0. The second-order valence-corrected chi connectivity index (χ2v) is 6.52. The molecule has 1 aliphatic heterocycles. The summed E-state index contributed by atoms with van der Waals surface area (Å²) in [4.78, 5) is 37.3. The zero-order valence-electron chi connectivity index (χ0n) is 12.9. The van der Waals surface area contributed by atoms with Crippen LogP contribution in [0.3, 0.4) is 0 Å². The van der Waals surface area contributed by atoms with Crippen LogP contribution in [0.4, 0.5) is 5.82 Å². The third kappa shape index (κ3) is 2.27. The van der Waals surface area contributed by atoms with Crippen molar-refractivity contribution in [2.75, 3.05) is 11.6 Å². The number of fused-ring (bicyclic) bond motifs is 3. The summed E-state index contributed by atoms with van der Waals surface area (Å²) >= 11 is 1.44. The predicted octanol–water partition coefficient (Wildman–Crippen LogP) is 1.76. The Balaban J connectivity index is 2.33. The van der Waals surface area contributed by atoms with E-state index < -0.39 is 11.7 Å². The van der Waals surface area contributed by atoms with Gasteiger partial charge >= 0.3 is 5.69 Å². The first kappa shape index (κ1) is 15.0. The fraction of sp³-hybridized carbons (Fsp3) is 0.500. The Labute approximate surface area is 131 Å². The van der Waals surface area contributed by atoms with E-state index in [0.29, 0.717) is 40.0 Å². The molecule has 0 saturated carbocycles. The number of thioether (sulfide) groups is 1. The lowest BCUT2D eigenvalue weighted by Gasteiger charge is -2.14. The zero-order valence-corrected chi connectivity index (χ0v) is 13.7. The van der Waals surface area contributed by atoms with Crippen molar-refractivity contribution < 1.29 is 4.79 Å². The van der Waals surface area contributed by atoms with Gasteiger partial charge in [0.15, 0.2) is 5.65 Å². The molecule has 0 spiro atoms. The molecule has 1 atom stereocenters. The van der Waals surface area contributed by atoms with Gasteiger partial charge in [-0.15, -0.1) is 11.8 Å². The number of carbonyl (C=O) groups is 1. The lowest BCUT2D eigenvalue weighted by Crippen LogP contribution is -2.27. The summed E-state index contributed by atoms with van der Waals surface area (Å²) in [5, 5.41) is 4.17. The van der Waals surface area contributed by atoms with Crippen LogP contribution in [0.5, 0.6) is 0 Å². The van der Waals surface area contributed by atoms with E-state index in [1.807, 2.05) is 20.1 Å². The predicted molar refractivity (Wildman–Crippen MR) is 85.2 cm³/mol. The third-order valence-electron chi connectivity index (χ3n) is 3.60. The number of amides is 1. The average molecular weight is 319 g/mol. The van der Waals surface area contributed by atoms with Crippen molar-refractivity contribution in [3.05, 3.63) is 16.3 Å². The van der Waals surface area contributed by atoms with E-state index in [1.54, 1.807) is 6.92 Å². The van der Waals surface area contributed by atoms with Gasteiger partial charge in [-0.1, -0.05) is 13.8 Å². The highest BCUT2D eigenvalue weighted by molar-refractivity contribution is 7.98. The van der Waals surface area contributed by atoms with Gasteiger partial charge in [0.25, 0.3) is 0 Å². The summed E-state index contributed by atoms with van der Waals surface area (Å²) < 4.78 is 1.45. The number of aromatic nitrogens is 4. The number of carbonyl (C=O) groups excluding carboxylic acids is 1. The van der Waals surface area contributed by atoms with Crippen molar-refractivity contribution in [2.24, 2.45) is 5.92 Å². The molecular formula is C14H17N5O2S. The normalized spacial score (nSPS) is 17.1. The highest BCUT2D eigenvalue weighted by Gasteiger charge is 2.34. The molecule has 3 heterocycles. The number of hydrogen-bond acceptors (Lipinski definition) is 6. The van der Waals surface area contributed by atoms with E-state index in [4.69, 9.17) is 0 Å². The van der Waals surface area contributed by atoms with Crippen LogP contribution in [0.2, 0.25) is 0 Å². The number of anilines is 1. The number of rotatable bonds is 3. The molecule has 116 valence electrons. The molecule has 22 heavy (non-hydrogen) atoms. The largest absolute Gasteiger partial charge is 0.351 e. The van der Waals surface area contributed by atoms with Gasteiger partial charge in [0.05, 0.1) is 5.39 Å². The standard InChI is InChI=1S/C14H17N5O2S/c1-6(2)5-8-12(20)18-11-9-10(17-14(21)19(8)11)15-7(3)16-13(9)22-4/h6,8H,5H2,1-4H3,(H,18,20). The molecule has 7 nitrogen and oxygen atoms in total. The number of aryl methyl sites for hydroxylation is 1. The Bertz CT molecular complexity index is 830. The van der Waals surface area contributed by atoms with Crippen molar-refractivity contribution in [2.45, 2.75) is 38.3 Å². The summed E-state index contributed by atoms with van der Waals surface area (Å²) in [6.07, 6.45) is 2.49. The number of nitrogens with zero attached hydrogens (tertiary/aromatic N) is 4. The maximum atomic E-state index is 12.4. The van der Waals surface area contributed by atoms with Gasteiger partial charge in [0.2, 0.25) is 5.91 Å². The lowest BCUT2D eigenvalue weighted by molar-refractivity contribution is -0.118. The Hall–Kier alpha value is -1.96. The minimum Gasteiger partial charge on any atom is -0.309 e. The quantitative estimate of drug-likeness (QED) is 0.685. The molecule has 2 aromatic rings. The molecule has 0 radical (unpaired) electrons. The molecule has 0 aliphatic carbocycles. The van der Waals surface area contributed by atoms with E-state index in [1.165, 1.54) is 16.3 Å². The van der Waals surface area contributed by atoms with Crippen molar-refractivity contribution in [1.82, 2.24) is 19.5 Å². The first-order chi connectivity index (χ1) is 10.4. The Morgan fingerprint density at radius 3 is 2.64 bits per heavy atom. The maximum Gasteiger partial charge on any atom is 0.351 e. The van der Waals surface area contributed by atoms with Gasteiger partial charge in [-0.05, 0) is 25.5 Å². The van der Waals surface area contributed by atoms with Gasteiger partial charge < -0.3 is 5.32 Å². The molecule has 0 aromatic carbocycles. The maximum absolute atomic E-state index is 12.4. The minimum absolute atomic E-state index is 0.173. The topological polar surface area (TPSA) is 89.8 Å². The molecule has 1 aliphatic rings. The Kier molecular flexibility index (Phi) is 3.64. The Morgan fingerprint density at radius 1 is 1.27 bits per heavy atom. The molecule has 1 unspecified atom stereocenters. The molecule has 0 fully saturated rings. The molecular weight excluding hydrogens is 302 g/mol. The third-order valence-corrected chi connectivity index (χ3v) is 4.28. The van der Waals surface area contributed by atoms with Crippen molar-refractivity contribution in [3.8, 4) is 0 Å². The highest BCUT2D eigenvalue weighted by atomic mass is 32.2. The molecule has 2 aromatic heterocycles. The fourth-order valence-corrected chi connectivity index (χ4v) is 3.33. The molecule has 1 amide bonds. The van der Waals surface area contributed by atoms with E-state index in [2.05, 4.69) is 20.3 Å². The number of nitrogens with one attached hydrogen (secondary N) is 1. The summed E-state index contributed by atoms with van der Waals surface area (Å²) in [6, 6.07) is -0.518. The average Bonchev–Trinajstić information content (AvgIpc) is 2.74. The van der Waals surface area contributed by atoms with Gasteiger partial charge in [0, 0.05) is 0 Å². The lowest BCUT2D eigenvalue weighted by atomic mass is 10.0. The van der Waals surface area contributed by atoms with E-state index >= 15 is 0 Å². The van der Waals surface area contributed by atoms with Crippen LogP contribution in [0.15, 0.2) is 9.82 Å². The molecule has 1 N–H and O–H groups in total. The molecule has 8 heteroatoms.